The number of nitriles is 1. The predicted molar refractivity (Wildman–Crippen MR) is 55.7 cm³/mol. The van der Waals surface area contributed by atoms with Crippen molar-refractivity contribution in [1.29, 1.82) is 5.26 Å². The molecule has 12 heavy (non-hydrogen) atoms. The fourth-order valence-corrected chi connectivity index (χ4v) is 1.92. The number of aromatic nitrogens is 1. The van der Waals surface area contributed by atoms with Crippen molar-refractivity contribution in [3.8, 4) is 6.07 Å². The Morgan fingerprint density at radius 2 is 2.08 bits per heavy atom. The minimum atomic E-state index is 0.742. The molecule has 1 N–H and O–H groups in total. The van der Waals surface area contributed by atoms with Crippen molar-refractivity contribution in [3.05, 3.63) is 33.5 Å². The van der Waals surface area contributed by atoms with Crippen LogP contribution in [0.1, 0.15) is 5.56 Å². The lowest BCUT2D eigenvalue weighted by atomic mass is 10.2. The third kappa shape index (κ3) is 0.994. The van der Waals surface area contributed by atoms with Crippen LogP contribution in [0.3, 0.4) is 0 Å². The van der Waals surface area contributed by atoms with Gasteiger partial charge in [-0.3, -0.25) is 0 Å². The van der Waals surface area contributed by atoms with E-state index in [0.29, 0.717) is 0 Å². The molecule has 2 rings (SSSR count). The number of rotatable bonds is 0. The van der Waals surface area contributed by atoms with Gasteiger partial charge in [0.1, 0.15) is 6.07 Å². The van der Waals surface area contributed by atoms with Gasteiger partial charge in [0, 0.05) is 10.9 Å². The molecule has 0 fully saturated rings. The number of halogens is 1. The van der Waals surface area contributed by atoms with Crippen LogP contribution in [0.15, 0.2) is 24.3 Å². The van der Waals surface area contributed by atoms with E-state index in [4.69, 9.17) is 5.26 Å². The molecule has 2 aromatic rings. The molecule has 0 saturated carbocycles. The van der Waals surface area contributed by atoms with Crippen molar-refractivity contribution in [2.45, 2.75) is 0 Å². The molecule has 1 aromatic carbocycles. The molecular formula is C9H5IN2. The average molecular weight is 268 g/mol. The second kappa shape index (κ2) is 2.79. The van der Waals surface area contributed by atoms with E-state index in [1.54, 1.807) is 0 Å². The number of para-hydroxylation sites is 1. The molecule has 3 heteroatoms. The molecule has 0 spiro atoms. The molecule has 0 unspecified atom stereocenters. The Labute approximate surface area is 83.3 Å². The second-order valence-corrected chi connectivity index (χ2v) is 3.55. The summed E-state index contributed by atoms with van der Waals surface area (Å²) in [6.45, 7) is 0. The third-order valence-electron chi connectivity index (χ3n) is 1.77. The number of fused-ring (bicyclic) bond motifs is 1. The van der Waals surface area contributed by atoms with Crippen LogP contribution in [0, 0.1) is 15.0 Å². The molecule has 0 aliphatic carbocycles. The first-order valence-electron chi connectivity index (χ1n) is 3.49. The largest absolute Gasteiger partial charge is 0.349 e. The normalized spacial score (nSPS) is 10.0. The molecule has 0 bridgehead atoms. The van der Waals surface area contributed by atoms with E-state index in [1.165, 1.54) is 0 Å². The van der Waals surface area contributed by atoms with Crippen LogP contribution in [0.4, 0.5) is 0 Å². The highest BCUT2D eigenvalue weighted by Crippen LogP contribution is 2.22. The second-order valence-electron chi connectivity index (χ2n) is 2.47. The van der Waals surface area contributed by atoms with E-state index in [0.717, 1.165) is 20.2 Å². The maximum Gasteiger partial charge on any atom is 0.103 e. The van der Waals surface area contributed by atoms with Gasteiger partial charge in [-0.1, -0.05) is 18.2 Å². The van der Waals surface area contributed by atoms with Gasteiger partial charge in [0.05, 0.1) is 9.26 Å². The van der Waals surface area contributed by atoms with E-state index in [2.05, 4.69) is 33.6 Å². The molecule has 0 radical (unpaired) electrons. The zero-order chi connectivity index (χ0) is 8.55. The number of hydrogen-bond donors (Lipinski definition) is 1. The Kier molecular flexibility index (Phi) is 1.77. The van der Waals surface area contributed by atoms with Crippen molar-refractivity contribution in [1.82, 2.24) is 4.98 Å². The minimum absolute atomic E-state index is 0.742. The monoisotopic (exact) mass is 268 g/mol. The quantitative estimate of drug-likeness (QED) is 0.733. The van der Waals surface area contributed by atoms with Crippen LogP contribution in [0.5, 0.6) is 0 Å². The molecule has 0 amide bonds. The highest BCUT2D eigenvalue weighted by molar-refractivity contribution is 14.1. The molecule has 58 valence electrons. The standard InChI is InChI=1S/C9H5IN2/c10-9-7(5-11)6-3-1-2-4-8(6)12-9/h1-4,12H. The zero-order valence-corrected chi connectivity index (χ0v) is 8.29. The number of benzene rings is 1. The van der Waals surface area contributed by atoms with E-state index < -0.39 is 0 Å². The Morgan fingerprint density at radius 1 is 1.33 bits per heavy atom. The fourth-order valence-electron chi connectivity index (χ4n) is 1.22. The summed E-state index contributed by atoms with van der Waals surface area (Å²) < 4.78 is 0.913. The number of aromatic amines is 1. The van der Waals surface area contributed by atoms with Gasteiger partial charge in [0.15, 0.2) is 0 Å². The lowest BCUT2D eigenvalue weighted by Crippen LogP contribution is -1.72. The summed E-state index contributed by atoms with van der Waals surface area (Å²) in [6, 6.07) is 9.99. The van der Waals surface area contributed by atoms with Crippen molar-refractivity contribution in [2.75, 3.05) is 0 Å². The van der Waals surface area contributed by atoms with Crippen molar-refractivity contribution >= 4 is 33.5 Å². The Morgan fingerprint density at radius 3 is 2.83 bits per heavy atom. The number of nitrogens with one attached hydrogen (secondary N) is 1. The van der Waals surface area contributed by atoms with Crippen LogP contribution in [-0.4, -0.2) is 4.98 Å². The van der Waals surface area contributed by atoms with Gasteiger partial charge < -0.3 is 4.98 Å². The van der Waals surface area contributed by atoms with E-state index in [-0.39, 0.29) is 0 Å². The summed E-state index contributed by atoms with van der Waals surface area (Å²) in [5.74, 6) is 0. The van der Waals surface area contributed by atoms with Crippen LogP contribution < -0.4 is 0 Å². The van der Waals surface area contributed by atoms with E-state index in [9.17, 15) is 0 Å². The molecular weight excluding hydrogens is 263 g/mol. The predicted octanol–water partition coefficient (Wildman–Crippen LogP) is 2.64. The summed E-state index contributed by atoms with van der Waals surface area (Å²) in [4.78, 5) is 3.14. The van der Waals surface area contributed by atoms with Gasteiger partial charge in [-0.15, -0.1) is 0 Å². The molecule has 0 saturated heterocycles. The Hall–Kier alpha value is -1.02. The van der Waals surface area contributed by atoms with Gasteiger partial charge in [0.2, 0.25) is 0 Å². The molecule has 2 nitrogen and oxygen atoms in total. The van der Waals surface area contributed by atoms with Crippen LogP contribution in [0.2, 0.25) is 0 Å². The summed E-state index contributed by atoms with van der Waals surface area (Å²) in [5.41, 5.74) is 1.77. The summed E-state index contributed by atoms with van der Waals surface area (Å²) in [5, 5.41) is 9.83. The summed E-state index contributed by atoms with van der Waals surface area (Å²) >= 11 is 2.14. The lowest BCUT2D eigenvalue weighted by molar-refractivity contribution is 1.38. The van der Waals surface area contributed by atoms with Gasteiger partial charge in [-0.25, -0.2) is 0 Å². The third-order valence-corrected chi connectivity index (χ3v) is 2.58. The number of nitrogens with zero attached hydrogens (tertiary/aromatic N) is 1. The van der Waals surface area contributed by atoms with Crippen LogP contribution in [-0.2, 0) is 0 Å². The minimum Gasteiger partial charge on any atom is -0.349 e. The Bertz CT molecular complexity index is 465. The first-order valence-corrected chi connectivity index (χ1v) is 4.57. The topological polar surface area (TPSA) is 39.6 Å². The van der Waals surface area contributed by atoms with Crippen LogP contribution >= 0.6 is 22.6 Å². The molecule has 0 aliphatic heterocycles. The fraction of sp³-hybridized carbons (Fsp3) is 0. The van der Waals surface area contributed by atoms with Crippen molar-refractivity contribution in [2.24, 2.45) is 0 Å². The van der Waals surface area contributed by atoms with Crippen molar-refractivity contribution < 1.29 is 0 Å². The van der Waals surface area contributed by atoms with Gasteiger partial charge in [-0.2, -0.15) is 5.26 Å². The molecule has 1 heterocycles. The van der Waals surface area contributed by atoms with Gasteiger partial charge in [0.25, 0.3) is 0 Å². The van der Waals surface area contributed by atoms with Gasteiger partial charge in [-0.05, 0) is 28.7 Å². The van der Waals surface area contributed by atoms with Crippen LogP contribution in [0.25, 0.3) is 10.9 Å². The SMILES string of the molecule is N#Cc1c(I)[nH]c2ccccc12. The highest BCUT2D eigenvalue weighted by Gasteiger charge is 2.06. The highest BCUT2D eigenvalue weighted by atomic mass is 127. The first kappa shape index (κ1) is 7.62. The van der Waals surface area contributed by atoms with Crippen molar-refractivity contribution in [3.63, 3.8) is 0 Å². The number of hydrogen-bond acceptors (Lipinski definition) is 1. The maximum absolute atomic E-state index is 8.83. The van der Waals surface area contributed by atoms with Gasteiger partial charge >= 0.3 is 0 Å². The first-order chi connectivity index (χ1) is 5.83. The summed E-state index contributed by atoms with van der Waals surface area (Å²) in [6.07, 6.45) is 0. The molecule has 0 aliphatic rings. The Balaban J connectivity index is 2.93. The average Bonchev–Trinajstić information content (AvgIpc) is 2.40. The van der Waals surface area contributed by atoms with E-state index in [1.807, 2.05) is 24.3 Å². The maximum atomic E-state index is 8.83. The molecule has 1 aromatic heterocycles. The molecule has 0 atom stereocenters. The zero-order valence-electron chi connectivity index (χ0n) is 6.13. The lowest BCUT2D eigenvalue weighted by Gasteiger charge is -1.85. The summed E-state index contributed by atoms with van der Waals surface area (Å²) in [7, 11) is 0. The smallest absolute Gasteiger partial charge is 0.103 e. The van der Waals surface area contributed by atoms with E-state index >= 15 is 0 Å². The number of H-pyrrole nitrogens is 1.